The van der Waals surface area contributed by atoms with Gasteiger partial charge in [0.15, 0.2) is 6.10 Å². The summed E-state index contributed by atoms with van der Waals surface area (Å²) >= 11 is 0. The van der Waals surface area contributed by atoms with Crippen molar-refractivity contribution in [1.29, 1.82) is 0 Å². The molecule has 0 unspecified atom stereocenters. The Morgan fingerprint density at radius 1 is 1.07 bits per heavy atom. The van der Waals surface area contributed by atoms with Crippen LogP contribution in [0.1, 0.15) is 75.2 Å². The number of pyridine rings is 2. The number of aromatic nitrogens is 2. The predicted octanol–water partition coefficient (Wildman–Crippen LogP) is 5.63. The van der Waals surface area contributed by atoms with Crippen LogP contribution in [-0.4, -0.2) is 65.8 Å². The Bertz CT molecular complexity index is 1460. The lowest BCUT2D eigenvalue weighted by Gasteiger charge is -2.40. The molecule has 0 saturated carbocycles. The second-order valence-electron chi connectivity index (χ2n) is 13.2. The van der Waals surface area contributed by atoms with Crippen molar-refractivity contribution in [1.82, 2.24) is 9.97 Å². The van der Waals surface area contributed by atoms with E-state index in [-0.39, 0.29) is 5.41 Å². The SMILES string of the molecule is Cc1ncc(-c2ccc(N(C)CCOc3ccc(C(N)=O)cc3)cn2)c(N2CCC(C)(C)CC2)c1[C@H](OC(C)(C)C)C(=O)O. The molecule has 1 amide bonds. The Balaban J connectivity index is 1.61. The van der Waals surface area contributed by atoms with Gasteiger partial charge in [-0.2, -0.15) is 0 Å². The van der Waals surface area contributed by atoms with Gasteiger partial charge < -0.3 is 30.1 Å². The summed E-state index contributed by atoms with van der Waals surface area (Å²) in [5.41, 5.74) is 9.72. The Morgan fingerprint density at radius 3 is 2.27 bits per heavy atom. The first-order valence-corrected chi connectivity index (χ1v) is 15.0. The molecule has 44 heavy (non-hydrogen) atoms. The summed E-state index contributed by atoms with van der Waals surface area (Å²) in [6.07, 6.45) is 4.40. The van der Waals surface area contributed by atoms with E-state index in [2.05, 4.69) is 23.7 Å². The molecule has 2 aromatic heterocycles. The first kappa shape index (κ1) is 32.7. The van der Waals surface area contributed by atoms with Crippen molar-refractivity contribution >= 4 is 23.3 Å². The van der Waals surface area contributed by atoms with E-state index in [0.717, 1.165) is 42.9 Å². The lowest BCUT2D eigenvalue weighted by Crippen LogP contribution is -2.39. The summed E-state index contributed by atoms with van der Waals surface area (Å²) in [6.45, 7) is 14.6. The molecule has 0 bridgehead atoms. The van der Waals surface area contributed by atoms with E-state index in [1.165, 1.54) is 0 Å². The van der Waals surface area contributed by atoms with Crippen LogP contribution in [0.15, 0.2) is 48.8 Å². The van der Waals surface area contributed by atoms with Crippen LogP contribution in [0.3, 0.4) is 0 Å². The van der Waals surface area contributed by atoms with Gasteiger partial charge in [0, 0.05) is 48.7 Å². The minimum absolute atomic E-state index is 0.216. The van der Waals surface area contributed by atoms with Crippen molar-refractivity contribution in [2.45, 2.75) is 66.1 Å². The number of amides is 1. The second kappa shape index (κ2) is 13.2. The molecular weight excluding hydrogens is 558 g/mol. The summed E-state index contributed by atoms with van der Waals surface area (Å²) in [4.78, 5) is 37.7. The smallest absolute Gasteiger partial charge is 0.337 e. The molecule has 0 aliphatic carbocycles. The number of ether oxygens (including phenoxy) is 2. The number of nitrogens with zero attached hydrogens (tertiary/aromatic N) is 4. The molecule has 1 aliphatic rings. The molecule has 236 valence electrons. The molecule has 0 spiro atoms. The highest BCUT2D eigenvalue weighted by Gasteiger charge is 2.36. The van der Waals surface area contributed by atoms with Crippen molar-refractivity contribution in [2.24, 2.45) is 11.1 Å². The molecule has 1 aliphatic heterocycles. The maximum Gasteiger partial charge on any atom is 0.337 e. The molecule has 1 fully saturated rings. The number of aryl methyl sites for hydroxylation is 1. The number of anilines is 2. The van der Waals surface area contributed by atoms with Crippen LogP contribution in [0.2, 0.25) is 0 Å². The highest BCUT2D eigenvalue weighted by molar-refractivity contribution is 5.92. The van der Waals surface area contributed by atoms with Crippen molar-refractivity contribution in [2.75, 3.05) is 43.1 Å². The zero-order valence-electron chi connectivity index (χ0n) is 26.9. The summed E-state index contributed by atoms with van der Waals surface area (Å²) in [5.74, 6) is -0.864. The number of piperidine rings is 1. The molecule has 1 atom stereocenters. The number of likely N-dealkylation sites (N-methyl/N-ethyl adjacent to an activating group) is 1. The fourth-order valence-electron chi connectivity index (χ4n) is 5.29. The van der Waals surface area contributed by atoms with Gasteiger partial charge >= 0.3 is 5.97 Å². The fraction of sp³-hybridized carbons (Fsp3) is 0.471. The minimum Gasteiger partial charge on any atom is -0.492 e. The first-order chi connectivity index (χ1) is 20.6. The van der Waals surface area contributed by atoms with E-state index < -0.39 is 23.6 Å². The zero-order valence-corrected chi connectivity index (χ0v) is 26.9. The van der Waals surface area contributed by atoms with Crippen LogP contribution in [0, 0.1) is 12.3 Å². The average Bonchev–Trinajstić information content (AvgIpc) is 2.96. The monoisotopic (exact) mass is 603 g/mol. The topological polar surface area (TPSA) is 131 Å². The molecule has 4 rings (SSSR count). The van der Waals surface area contributed by atoms with Gasteiger partial charge in [-0.1, -0.05) is 13.8 Å². The first-order valence-electron chi connectivity index (χ1n) is 15.0. The maximum atomic E-state index is 12.6. The standard InChI is InChI=1S/C34H45N5O5/c1-22-28(30(32(41)42)44-33(2,3)4)29(39-16-14-34(5,6)15-17-39)26(21-36-22)27-13-10-24(20-37-27)38(7)18-19-43-25-11-8-23(9-12-25)31(35)40/h8-13,20-21,30H,14-19H2,1-7H3,(H2,35,40)(H,41,42)/t30-/m0/s1. The Kier molecular flexibility index (Phi) is 9.83. The Morgan fingerprint density at radius 2 is 1.73 bits per heavy atom. The van der Waals surface area contributed by atoms with Crippen molar-refractivity contribution in [3.05, 3.63) is 65.6 Å². The number of carboxylic acids is 1. The third kappa shape index (κ3) is 8.05. The normalized spacial score (nSPS) is 15.5. The Hall–Kier alpha value is -4.18. The van der Waals surface area contributed by atoms with Gasteiger partial charge in [0.05, 0.1) is 35.4 Å². The van der Waals surface area contributed by atoms with Gasteiger partial charge in [-0.25, -0.2) is 4.79 Å². The van der Waals surface area contributed by atoms with Crippen molar-refractivity contribution in [3.63, 3.8) is 0 Å². The van der Waals surface area contributed by atoms with Crippen molar-refractivity contribution in [3.8, 4) is 17.0 Å². The highest BCUT2D eigenvalue weighted by atomic mass is 16.5. The number of hydrogen-bond acceptors (Lipinski definition) is 8. The summed E-state index contributed by atoms with van der Waals surface area (Å²) in [5, 5.41) is 10.3. The lowest BCUT2D eigenvalue weighted by molar-refractivity contribution is -0.160. The number of carbonyl (C=O) groups excluding carboxylic acids is 1. The second-order valence-corrected chi connectivity index (χ2v) is 13.2. The van der Waals surface area contributed by atoms with Crippen LogP contribution in [0.25, 0.3) is 11.3 Å². The summed E-state index contributed by atoms with van der Waals surface area (Å²) in [6, 6.07) is 10.7. The van der Waals surface area contributed by atoms with E-state index >= 15 is 0 Å². The number of aliphatic carboxylic acids is 1. The van der Waals surface area contributed by atoms with Crippen LogP contribution in [0.4, 0.5) is 11.4 Å². The molecule has 1 saturated heterocycles. The van der Waals surface area contributed by atoms with E-state index in [0.29, 0.717) is 41.4 Å². The number of nitrogens with two attached hydrogens (primary N) is 1. The molecule has 3 heterocycles. The van der Waals surface area contributed by atoms with Gasteiger partial charge in [0.25, 0.3) is 0 Å². The molecule has 10 nitrogen and oxygen atoms in total. The van der Waals surface area contributed by atoms with E-state index in [4.69, 9.17) is 20.2 Å². The van der Waals surface area contributed by atoms with Gasteiger partial charge in [-0.05, 0) is 82.3 Å². The van der Waals surface area contributed by atoms with Gasteiger partial charge in [0.2, 0.25) is 5.91 Å². The zero-order chi connectivity index (χ0) is 32.2. The van der Waals surface area contributed by atoms with E-state index in [9.17, 15) is 14.7 Å². The third-order valence-electron chi connectivity index (χ3n) is 7.98. The van der Waals surface area contributed by atoms with Gasteiger partial charge in [-0.15, -0.1) is 0 Å². The number of carboxylic acid groups (broad SMARTS) is 1. The minimum atomic E-state index is -1.18. The number of primary amides is 1. The predicted molar refractivity (Wildman–Crippen MR) is 172 cm³/mol. The quantitative estimate of drug-likeness (QED) is 0.286. The van der Waals surface area contributed by atoms with Crippen molar-refractivity contribution < 1.29 is 24.2 Å². The summed E-state index contributed by atoms with van der Waals surface area (Å²) in [7, 11) is 1.96. The molecule has 3 N–H and O–H groups in total. The highest BCUT2D eigenvalue weighted by Crippen LogP contribution is 2.43. The lowest BCUT2D eigenvalue weighted by atomic mass is 9.82. The largest absolute Gasteiger partial charge is 0.492 e. The average molecular weight is 604 g/mol. The van der Waals surface area contributed by atoms with Crippen LogP contribution >= 0.6 is 0 Å². The fourth-order valence-corrected chi connectivity index (χ4v) is 5.29. The maximum absolute atomic E-state index is 12.6. The van der Waals surface area contributed by atoms with Gasteiger partial charge in [0.1, 0.15) is 12.4 Å². The number of benzene rings is 1. The molecule has 1 aromatic carbocycles. The molecule has 0 radical (unpaired) electrons. The molecule has 3 aromatic rings. The van der Waals surface area contributed by atoms with E-state index in [1.54, 1.807) is 36.7 Å². The van der Waals surface area contributed by atoms with Crippen LogP contribution in [-0.2, 0) is 9.53 Å². The van der Waals surface area contributed by atoms with E-state index in [1.807, 2.05) is 51.8 Å². The third-order valence-corrected chi connectivity index (χ3v) is 7.98. The number of hydrogen-bond donors (Lipinski definition) is 2. The van der Waals surface area contributed by atoms with Crippen LogP contribution < -0.4 is 20.3 Å². The number of carbonyl (C=O) groups is 2. The Labute approximate surface area is 260 Å². The number of rotatable bonds is 11. The van der Waals surface area contributed by atoms with Gasteiger partial charge in [-0.3, -0.25) is 14.8 Å². The molecule has 10 heteroatoms. The molecular formula is C34H45N5O5. The summed E-state index contributed by atoms with van der Waals surface area (Å²) < 4.78 is 12.0. The van der Waals surface area contributed by atoms with Crippen LogP contribution in [0.5, 0.6) is 5.75 Å².